The molecule has 114 valence electrons. The highest BCUT2D eigenvalue weighted by molar-refractivity contribution is 6.00. The van der Waals surface area contributed by atoms with Crippen LogP contribution in [0.25, 0.3) is 0 Å². The Hall–Kier alpha value is -2.11. The first kappa shape index (κ1) is 15.3. The van der Waals surface area contributed by atoms with Crippen LogP contribution >= 0.6 is 0 Å². The molecule has 0 heterocycles. The van der Waals surface area contributed by atoms with Crippen molar-refractivity contribution in [3.05, 3.63) is 33.9 Å². The van der Waals surface area contributed by atoms with Gasteiger partial charge in [0.15, 0.2) is 0 Å². The third-order valence-corrected chi connectivity index (χ3v) is 3.90. The lowest BCUT2D eigenvalue weighted by atomic mass is 9.78. The van der Waals surface area contributed by atoms with E-state index in [9.17, 15) is 14.9 Å². The van der Waals surface area contributed by atoms with Crippen molar-refractivity contribution < 1.29 is 9.72 Å². The van der Waals surface area contributed by atoms with E-state index < -0.39 is 4.92 Å². The zero-order valence-corrected chi connectivity index (χ0v) is 12.4. The lowest BCUT2D eigenvalue weighted by molar-refractivity contribution is -0.384. The lowest BCUT2D eigenvalue weighted by Crippen LogP contribution is -2.51. The van der Waals surface area contributed by atoms with Crippen LogP contribution in [0.2, 0.25) is 0 Å². The van der Waals surface area contributed by atoms with E-state index in [0.717, 1.165) is 25.7 Å². The molecule has 1 saturated carbocycles. The quantitative estimate of drug-likeness (QED) is 0.623. The number of rotatable bonds is 6. The highest BCUT2D eigenvalue weighted by atomic mass is 16.6. The molecule has 1 amide bonds. The molecular weight excluding hydrogens is 270 g/mol. The minimum Gasteiger partial charge on any atom is -0.379 e. The Morgan fingerprint density at radius 3 is 2.67 bits per heavy atom. The summed E-state index contributed by atoms with van der Waals surface area (Å²) in [5, 5.41) is 17.3. The van der Waals surface area contributed by atoms with Crippen molar-refractivity contribution in [3.8, 4) is 0 Å². The Bertz CT molecular complexity index is 553. The van der Waals surface area contributed by atoms with Gasteiger partial charge in [0.25, 0.3) is 5.91 Å². The van der Waals surface area contributed by atoms with Crippen molar-refractivity contribution in [1.29, 1.82) is 0 Å². The van der Waals surface area contributed by atoms with Gasteiger partial charge in [0.05, 0.1) is 4.92 Å². The van der Waals surface area contributed by atoms with Crippen LogP contribution in [0.1, 0.15) is 49.9 Å². The average molecular weight is 291 g/mol. The fourth-order valence-electron chi connectivity index (χ4n) is 2.50. The van der Waals surface area contributed by atoms with Gasteiger partial charge < -0.3 is 10.6 Å². The molecule has 2 N–H and O–H groups in total. The summed E-state index contributed by atoms with van der Waals surface area (Å²) in [6.07, 6.45) is 3.77. The molecule has 1 aliphatic rings. The van der Waals surface area contributed by atoms with Gasteiger partial charge in [-0.15, -0.1) is 0 Å². The molecule has 0 spiro atoms. The van der Waals surface area contributed by atoms with Crippen LogP contribution in [0, 0.1) is 10.1 Å². The maximum atomic E-state index is 12.4. The van der Waals surface area contributed by atoms with E-state index in [4.69, 9.17) is 0 Å². The van der Waals surface area contributed by atoms with E-state index in [1.165, 1.54) is 6.07 Å². The first-order valence-electron chi connectivity index (χ1n) is 7.30. The number of para-hydroxylation sites is 1. The molecule has 1 aromatic carbocycles. The van der Waals surface area contributed by atoms with E-state index >= 15 is 0 Å². The smallest absolute Gasteiger partial charge is 0.305 e. The summed E-state index contributed by atoms with van der Waals surface area (Å²) in [7, 11) is 0. The highest BCUT2D eigenvalue weighted by Crippen LogP contribution is 2.33. The number of nitro benzene ring substituents is 1. The summed E-state index contributed by atoms with van der Waals surface area (Å²) in [6.45, 7) is 4.58. The second kappa shape index (κ2) is 6.11. The summed E-state index contributed by atoms with van der Waals surface area (Å²) in [5.74, 6) is -0.371. The maximum Gasteiger partial charge on any atom is 0.305 e. The minimum atomic E-state index is -0.490. The largest absolute Gasteiger partial charge is 0.379 e. The number of carbonyl (C=O) groups excluding carboxylic acids is 1. The predicted octanol–water partition coefficient (Wildman–Crippen LogP) is 3.09. The molecule has 2 rings (SSSR count). The van der Waals surface area contributed by atoms with Gasteiger partial charge in [-0.2, -0.15) is 0 Å². The van der Waals surface area contributed by atoms with Gasteiger partial charge in [-0.05, 0) is 44.7 Å². The van der Waals surface area contributed by atoms with Crippen LogP contribution in [0.4, 0.5) is 11.4 Å². The molecule has 0 saturated heterocycles. The Labute approximate surface area is 124 Å². The predicted molar refractivity (Wildman–Crippen MR) is 81.6 cm³/mol. The third-order valence-electron chi connectivity index (χ3n) is 3.90. The van der Waals surface area contributed by atoms with E-state index in [-0.39, 0.29) is 22.7 Å². The fourth-order valence-corrected chi connectivity index (χ4v) is 2.50. The van der Waals surface area contributed by atoms with Gasteiger partial charge in [0, 0.05) is 12.1 Å². The Morgan fingerprint density at radius 1 is 1.43 bits per heavy atom. The lowest BCUT2D eigenvalue weighted by Gasteiger charge is -2.39. The van der Waals surface area contributed by atoms with Crippen LogP contribution in [-0.4, -0.2) is 22.9 Å². The summed E-state index contributed by atoms with van der Waals surface area (Å²) in [5.41, 5.74) is 0.145. The Morgan fingerprint density at radius 2 is 2.14 bits per heavy atom. The summed E-state index contributed by atoms with van der Waals surface area (Å²) in [4.78, 5) is 23.2. The highest BCUT2D eigenvalue weighted by Gasteiger charge is 2.35. The molecule has 1 aromatic rings. The molecule has 1 fully saturated rings. The van der Waals surface area contributed by atoms with Crippen molar-refractivity contribution in [1.82, 2.24) is 5.32 Å². The minimum absolute atomic E-state index is 0.120. The van der Waals surface area contributed by atoms with Crippen molar-refractivity contribution in [3.63, 3.8) is 0 Å². The standard InChI is InChI=1S/C15H21N3O3/c1-3-10-16-12-7-4-6-11(13(12)18(20)21)14(19)17-15(2)8-5-9-15/h4,6-7,16H,3,5,8-10H2,1-2H3,(H,17,19). The van der Waals surface area contributed by atoms with E-state index in [1.54, 1.807) is 12.1 Å². The Kier molecular flexibility index (Phi) is 4.45. The summed E-state index contributed by atoms with van der Waals surface area (Å²) >= 11 is 0. The van der Waals surface area contributed by atoms with Gasteiger partial charge in [-0.1, -0.05) is 13.0 Å². The van der Waals surface area contributed by atoms with Crippen molar-refractivity contribution in [2.75, 3.05) is 11.9 Å². The SMILES string of the molecule is CCCNc1cccc(C(=O)NC2(C)CCC2)c1[N+](=O)[O-]. The molecule has 6 heteroatoms. The van der Waals surface area contributed by atoms with Crippen molar-refractivity contribution in [2.24, 2.45) is 0 Å². The van der Waals surface area contributed by atoms with Crippen LogP contribution in [-0.2, 0) is 0 Å². The van der Waals surface area contributed by atoms with E-state index in [1.807, 2.05) is 13.8 Å². The number of carbonyl (C=O) groups is 1. The number of nitro groups is 1. The molecule has 1 aliphatic carbocycles. The molecule has 6 nitrogen and oxygen atoms in total. The second-order valence-electron chi connectivity index (χ2n) is 5.75. The van der Waals surface area contributed by atoms with Gasteiger partial charge in [-0.25, -0.2) is 0 Å². The molecule has 0 aliphatic heterocycles. The van der Waals surface area contributed by atoms with Crippen molar-refractivity contribution >= 4 is 17.3 Å². The molecule has 0 bridgehead atoms. The van der Waals surface area contributed by atoms with Crippen LogP contribution < -0.4 is 10.6 Å². The molecule has 0 radical (unpaired) electrons. The zero-order valence-electron chi connectivity index (χ0n) is 12.4. The van der Waals surface area contributed by atoms with Crippen LogP contribution in [0.5, 0.6) is 0 Å². The topological polar surface area (TPSA) is 84.3 Å². The van der Waals surface area contributed by atoms with Gasteiger partial charge >= 0.3 is 5.69 Å². The number of hydrogen-bond donors (Lipinski definition) is 2. The first-order chi connectivity index (χ1) is 9.97. The number of nitrogens with one attached hydrogen (secondary N) is 2. The van der Waals surface area contributed by atoms with Gasteiger partial charge in [-0.3, -0.25) is 14.9 Å². The first-order valence-corrected chi connectivity index (χ1v) is 7.30. The molecule has 0 unspecified atom stereocenters. The number of anilines is 1. The fraction of sp³-hybridized carbons (Fsp3) is 0.533. The molecule has 0 aromatic heterocycles. The van der Waals surface area contributed by atoms with E-state index in [2.05, 4.69) is 10.6 Å². The normalized spacial score (nSPS) is 15.9. The molecular formula is C15H21N3O3. The monoisotopic (exact) mass is 291 g/mol. The number of amides is 1. The van der Waals surface area contributed by atoms with Crippen LogP contribution in [0.3, 0.4) is 0 Å². The molecule has 21 heavy (non-hydrogen) atoms. The number of benzene rings is 1. The van der Waals surface area contributed by atoms with E-state index in [0.29, 0.717) is 12.2 Å². The zero-order chi connectivity index (χ0) is 15.5. The number of nitrogens with zero attached hydrogens (tertiary/aromatic N) is 1. The summed E-state index contributed by atoms with van der Waals surface area (Å²) < 4.78 is 0. The van der Waals surface area contributed by atoms with Gasteiger partial charge in [0.1, 0.15) is 11.3 Å². The number of hydrogen-bond acceptors (Lipinski definition) is 4. The molecule has 0 atom stereocenters. The second-order valence-corrected chi connectivity index (χ2v) is 5.75. The van der Waals surface area contributed by atoms with Crippen molar-refractivity contribution in [2.45, 2.75) is 45.1 Å². The van der Waals surface area contributed by atoms with Crippen LogP contribution in [0.15, 0.2) is 18.2 Å². The maximum absolute atomic E-state index is 12.4. The third kappa shape index (κ3) is 3.32. The Balaban J connectivity index is 2.28. The summed E-state index contributed by atoms with van der Waals surface area (Å²) in [6, 6.07) is 4.81. The van der Waals surface area contributed by atoms with Gasteiger partial charge in [0.2, 0.25) is 0 Å². The average Bonchev–Trinajstić information content (AvgIpc) is 2.42.